The minimum absolute atomic E-state index is 0.0104. The van der Waals surface area contributed by atoms with Crippen LogP contribution in [0.5, 0.6) is 28.7 Å². The highest BCUT2D eigenvalue weighted by Crippen LogP contribution is 2.57. The lowest BCUT2D eigenvalue weighted by atomic mass is 9.77. The molecule has 2 aromatic heterocycles. The number of carbonyl (C=O) groups is 4. The summed E-state index contributed by atoms with van der Waals surface area (Å²) in [5.74, 6) is -5.85. The van der Waals surface area contributed by atoms with Gasteiger partial charge < -0.3 is 71.2 Å². The number of halogens is 6. The third-order valence-electron chi connectivity index (χ3n) is 11.8. The molecule has 1 amide bonds. The summed E-state index contributed by atoms with van der Waals surface area (Å²) in [7, 11) is 3.92. The van der Waals surface area contributed by atoms with Crippen LogP contribution in [0.3, 0.4) is 0 Å². The lowest BCUT2D eigenvalue weighted by Crippen LogP contribution is -2.37. The number of pyridine rings is 2. The Kier molecular flexibility index (Phi) is 22.3. The van der Waals surface area contributed by atoms with Crippen LogP contribution in [0.25, 0.3) is 24.3 Å². The van der Waals surface area contributed by atoms with Gasteiger partial charge in [-0.15, -0.1) is 0 Å². The highest BCUT2D eigenvalue weighted by Gasteiger charge is 2.53. The molecule has 0 unspecified atom stereocenters. The van der Waals surface area contributed by atoms with Gasteiger partial charge in [0.1, 0.15) is 54.8 Å². The molecule has 18 nitrogen and oxygen atoms in total. The van der Waals surface area contributed by atoms with Crippen molar-refractivity contribution in [3.05, 3.63) is 166 Å². The number of hydrogen-bond acceptors (Lipinski definition) is 14. The molecule has 2 aliphatic heterocycles. The number of nitrogens with zero attached hydrogens (tertiary/aromatic N) is 2. The fourth-order valence-electron chi connectivity index (χ4n) is 7.82. The first-order chi connectivity index (χ1) is 39.0. The fraction of sp³-hybridized carbons (Fsp3) is 0.259. The molecule has 4 heterocycles. The van der Waals surface area contributed by atoms with E-state index in [0.717, 1.165) is 17.7 Å². The molecule has 6 aromatic rings. The number of aliphatic carboxylic acids is 2. The number of aromatic nitrogens is 2. The number of phenolic OH excluding ortho intramolecular Hbond substituents is 3. The summed E-state index contributed by atoms with van der Waals surface area (Å²) in [5.41, 5.74) is 5.22. The van der Waals surface area contributed by atoms with Gasteiger partial charge in [0.2, 0.25) is 0 Å². The quantitative estimate of drug-likeness (QED) is 0.0215. The highest BCUT2D eigenvalue weighted by atomic mass is 32.1. The van der Waals surface area contributed by atoms with E-state index in [2.05, 4.69) is 54.3 Å². The van der Waals surface area contributed by atoms with Crippen molar-refractivity contribution in [1.82, 2.24) is 21.3 Å². The molecule has 440 valence electrons. The van der Waals surface area contributed by atoms with Crippen LogP contribution < -0.4 is 50.7 Å². The predicted octanol–water partition coefficient (Wildman–Crippen LogP) is 5.66. The number of anilines is 1. The number of benzene rings is 4. The molecule has 0 fully saturated rings. The third kappa shape index (κ3) is 18.5. The zero-order valence-electron chi connectivity index (χ0n) is 45.4. The van der Waals surface area contributed by atoms with Crippen LogP contribution in [-0.2, 0) is 34.0 Å². The molecule has 0 saturated carbocycles. The minimum atomic E-state index is -5.19. The van der Waals surface area contributed by atoms with E-state index in [9.17, 15) is 51.3 Å². The van der Waals surface area contributed by atoms with Crippen molar-refractivity contribution in [3.8, 4) is 28.7 Å². The normalized spacial score (nSPS) is 12.8. The lowest BCUT2D eigenvalue weighted by Gasteiger charge is -2.36. The second-order valence-corrected chi connectivity index (χ2v) is 19.4. The standard InChI is InChI=1S/C28H32N4O2.C26H25N3O5S.2C2HF3O2/c1-21(2)29-13-14-30-28(34)26-19-24(7-5-22-9-15-31(3)16-10-22)27(33)25(20-26)8-6-23-11-17-32(4)18-12-23;1-14(2)27-9-10-28-25(35)29-15-3-6-19-18(11-15)24(32)34-26(19)20-7-4-16(30)12-22(20)33-23-13-17(31)5-8-21(23)26;2*3-2(4,5)1(6)7/h5-12,15-21,29H,13-14H2,1-4H3;3-8,11-14,27,30-31H,9-10H2,1-2H3,(H2,28,29,35);2*(H,6,7). The van der Waals surface area contributed by atoms with Crippen molar-refractivity contribution < 1.29 is 89.7 Å². The Morgan fingerprint density at radius 2 is 1.05 bits per heavy atom. The van der Waals surface area contributed by atoms with Crippen molar-refractivity contribution in [2.75, 3.05) is 31.5 Å². The number of amides is 1. The van der Waals surface area contributed by atoms with Gasteiger partial charge in [-0.1, -0.05) is 58.1 Å². The second-order valence-electron chi connectivity index (χ2n) is 19.0. The van der Waals surface area contributed by atoms with Crippen LogP contribution in [-0.4, -0.2) is 94.9 Å². The van der Waals surface area contributed by atoms with Gasteiger partial charge in [-0.3, -0.25) is 4.79 Å². The Balaban J connectivity index is 0.000000247. The summed E-state index contributed by atoms with van der Waals surface area (Å²) in [5, 5.41) is 64.8. The number of carboxylic acids is 2. The zero-order chi connectivity index (χ0) is 61.4. The summed E-state index contributed by atoms with van der Waals surface area (Å²) in [4.78, 5) is 43.6. The molecule has 0 saturated heterocycles. The Morgan fingerprint density at radius 3 is 1.47 bits per heavy atom. The largest absolute Gasteiger partial charge is 0.542 e. The molecule has 0 radical (unpaired) electrons. The molecule has 8 N–H and O–H groups in total. The van der Waals surface area contributed by atoms with E-state index in [1.165, 1.54) is 24.3 Å². The maximum Gasteiger partial charge on any atom is 0.430 e. The third-order valence-corrected chi connectivity index (χ3v) is 12.0. The Bertz CT molecular complexity index is 3200. The minimum Gasteiger partial charge on any atom is -0.542 e. The number of alkyl halides is 6. The molecule has 0 aliphatic carbocycles. The number of nitrogens with one attached hydrogen (secondary N) is 5. The average Bonchev–Trinajstić information content (AvgIpc) is 1.78. The van der Waals surface area contributed by atoms with E-state index in [0.29, 0.717) is 93.0 Å². The van der Waals surface area contributed by atoms with E-state index < -0.39 is 35.9 Å². The number of rotatable bonds is 14. The van der Waals surface area contributed by atoms with Gasteiger partial charge in [0, 0.05) is 114 Å². The molecule has 83 heavy (non-hydrogen) atoms. The Hall–Kier alpha value is -9.07. The molecule has 8 rings (SSSR count). The number of thiocarbonyl (C=S) groups is 1. The van der Waals surface area contributed by atoms with Gasteiger partial charge >= 0.3 is 18.3 Å². The molecule has 1 spiro atoms. The van der Waals surface area contributed by atoms with Gasteiger partial charge in [0.05, 0.1) is 5.56 Å². The summed E-state index contributed by atoms with van der Waals surface area (Å²) in [6, 6.07) is 26.8. The first-order valence-corrected chi connectivity index (χ1v) is 25.6. The average molecular weight is 1180 g/mol. The number of ether oxygens (including phenoxy) is 2. The zero-order valence-corrected chi connectivity index (χ0v) is 46.3. The number of aryl methyl sites for hydroxylation is 2. The molecule has 0 atom stereocenters. The van der Waals surface area contributed by atoms with Crippen LogP contribution in [0.2, 0.25) is 0 Å². The maximum absolute atomic E-state index is 13.2. The molecule has 2 aliphatic rings. The number of hydrogen-bond donors (Lipinski definition) is 8. The molecular weight excluding hydrogens is 1120 g/mol. The second kappa shape index (κ2) is 28.6. The van der Waals surface area contributed by atoms with E-state index in [1.807, 2.05) is 109 Å². The SMILES string of the molecule is CC(C)NCCNC(=O)c1cc(/C=C/c2cc[n+](C)cc2)c(O)c(/C=C/c2cc[n+](C)cc2)c1.CC(C)NCCNC(=S)Nc1ccc2c(c1)C(=O)OC21c2ccc(O)cc2Oc2cc(O)ccc21.O=C([O-])C(F)(F)F.O=C([O-])C(F)(F)F. The van der Waals surface area contributed by atoms with E-state index in [4.69, 9.17) is 41.5 Å². The number of phenols is 3. The van der Waals surface area contributed by atoms with Crippen molar-refractivity contribution in [1.29, 1.82) is 0 Å². The van der Waals surface area contributed by atoms with Crippen LogP contribution >= 0.6 is 12.2 Å². The number of carbonyl (C=O) groups excluding carboxylic acids is 4. The summed E-state index contributed by atoms with van der Waals surface area (Å²) < 4.78 is 79.1. The summed E-state index contributed by atoms with van der Waals surface area (Å²) >= 11 is 5.39. The van der Waals surface area contributed by atoms with Gasteiger partial charge in [0.15, 0.2) is 35.5 Å². The molecular formula is C58H59F6N7O11S. The van der Waals surface area contributed by atoms with Crippen LogP contribution in [0.4, 0.5) is 32.0 Å². The highest BCUT2D eigenvalue weighted by molar-refractivity contribution is 7.80. The Morgan fingerprint density at radius 1 is 0.627 bits per heavy atom. The van der Waals surface area contributed by atoms with Crippen LogP contribution in [0.15, 0.2) is 116 Å². The first kappa shape index (κ1) is 64.7. The number of esters is 1. The van der Waals surface area contributed by atoms with Crippen LogP contribution in [0.1, 0.15) is 87.4 Å². The maximum atomic E-state index is 13.2. The lowest BCUT2D eigenvalue weighted by molar-refractivity contribution is -0.671. The number of fused-ring (bicyclic) bond motifs is 6. The number of aromatic hydroxyl groups is 3. The fourth-order valence-corrected chi connectivity index (χ4v) is 8.04. The van der Waals surface area contributed by atoms with Gasteiger partial charge in [0.25, 0.3) is 5.91 Å². The first-order valence-electron chi connectivity index (χ1n) is 25.2. The van der Waals surface area contributed by atoms with E-state index in [-0.39, 0.29) is 23.2 Å². The molecule has 25 heteroatoms. The monoisotopic (exact) mass is 1180 g/mol. The summed E-state index contributed by atoms with van der Waals surface area (Å²) in [6.07, 6.45) is 4.97. The number of carboxylic acid groups (broad SMARTS) is 2. The van der Waals surface area contributed by atoms with Gasteiger partial charge in [-0.2, -0.15) is 26.3 Å². The van der Waals surface area contributed by atoms with E-state index >= 15 is 0 Å². The van der Waals surface area contributed by atoms with Gasteiger partial charge in [-0.05, 0) is 71.9 Å². The summed E-state index contributed by atoms with van der Waals surface area (Å²) in [6.45, 7) is 10.9. The van der Waals surface area contributed by atoms with Crippen molar-refractivity contribution in [2.24, 2.45) is 14.1 Å². The van der Waals surface area contributed by atoms with Crippen molar-refractivity contribution in [3.63, 3.8) is 0 Å². The smallest absolute Gasteiger partial charge is 0.430 e. The van der Waals surface area contributed by atoms with Crippen molar-refractivity contribution >= 4 is 71.1 Å². The predicted molar refractivity (Wildman–Crippen MR) is 294 cm³/mol. The topological polar surface area (TPSA) is 261 Å². The van der Waals surface area contributed by atoms with Crippen molar-refractivity contribution in [2.45, 2.75) is 57.7 Å². The Labute approximate surface area is 478 Å². The molecule has 4 aromatic carbocycles. The van der Waals surface area contributed by atoms with Gasteiger partial charge in [-0.25, -0.2) is 13.9 Å². The van der Waals surface area contributed by atoms with Crippen LogP contribution in [0, 0.1) is 0 Å². The van der Waals surface area contributed by atoms with E-state index in [1.54, 1.807) is 30.3 Å². The molecule has 0 bridgehead atoms.